The number of thiophene rings is 1. The lowest BCUT2D eigenvalue weighted by Gasteiger charge is -2.19. The lowest BCUT2D eigenvalue weighted by atomic mass is 10.00. The van der Waals surface area contributed by atoms with Gasteiger partial charge in [0.2, 0.25) is 0 Å². The Kier molecular flexibility index (Phi) is 4.60. The molecule has 96 valence electrons. The van der Waals surface area contributed by atoms with Crippen LogP contribution in [0.25, 0.3) is 0 Å². The Morgan fingerprint density at radius 1 is 1.47 bits per heavy atom. The van der Waals surface area contributed by atoms with Gasteiger partial charge in [-0.25, -0.2) is 0 Å². The number of hydrogen-bond donors (Lipinski definition) is 1. The average Bonchev–Trinajstić information content (AvgIpc) is 2.94. The van der Waals surface area contributed by atoms with Gasteiger partial charge in [0.25, 0.3) is 0 Å². The standard InChI is InChI=1S/C14H23NOS/c1-4-12-5-6-13(17-12)14-11(7-8-16-14)9-15-10(2)3/h5-6,10-11,14-15H,4,7-9H2,1-3H3. The second-order valence-corrected chi connectivity index (χ2v) is 6.26. The third-order valence-corrected chi connectivity index (χ3v) is 4.60. The van der Waals surface area contributed by atoms with E-state index in [9.17, 15) is 0 Å². The number of hydrogen-bond acceptors (Lipinski definition) is 3. The summed E-state index contributed by atoms with van der Waals surface area (Å²) < 4.78 is 5.91. The van der Waals surface area contributed by atoms with E-state index in [4.69, 9.17) is 4.74 Å². The summed E-state index contributed by atoms with van der Waals surface area (Å²) in [6, 6.07) is 5.06. The van der Waals surface area contributed by atoms with E-state index in [2.05, 4.69) is 38.2 Å². The molecule has 0 amide bonds. The maximum atomic E-state index is 5.91. The molecule has 1 aromatic rings. The lowest BCUT2D eigenvalue weighted by molar-refractivity contribution is 0.0929. The summed E-state index contributed by atoms with van der Waals surface area (Å²) in [5, 5.41) is 3.53. The molecule has 1 fully saturated rings. The van der Waals surface area contributed by atoms with Crippen molar-refractivity contribution in [1.82, 2.24) is 5.32 Å². The maximum Gasteiger partial charge on any atom is 0.0957 e. The van der Waals surface area contributed by atoms with Gasteiger partial charge in [-0.2, -0.15) is 0 Å². The fourth-order valence-electron chi connectivity index (χ4n) is 2.28. The molecule has 1 saturated heterocycles. The minimum absolute atomic E-state index is 0.326. The van der Waals surface area contributed by atoms with Gasteiger partial charge in [0.15, 0.2) is 0 Å². The summed E-state index contributed by atoms with van der Waals surface area (Å²) in [5.41, 5.74) is 0. The molecule has 2 nitrogen and oxygen atoms in total. The van der Waals surface area contributed by atoms with Crippen molar-refractivity contribution in [3.63, 3.8) is 0 Å². The number of nitrogens with one attached hydrogen (secondary N) is 1. The van der Waals surface area contributed by atoms with Crippen molar-refractivity contribution in [2.24, 2.45) is 5.92 Å². The second kappa shape index (κ2) is 5.98. The van der Waals surface area contributed by atoms with Crippen LogP contribution >= 0.6 is 11.3 Å². The molecule has 2 rings (SSSR count). The molecule has 2 atom stereocenters. The Morgan fingerprint density at radius 2 is 2.29 bits per heavy atom. The molecule has 0 aliphatic carbocycles. The van der Waals surface area contributed by atoms with Crippen molar-refractivity contribution in [1.29, 1.82) is 0 Å². The van der Waals surface area contributed by atoms with E-state index < -0.39 is 0 Å². The van der Waals surface area contributed by atoms with Gasteiger partial charge in [-0.1, -0.05) is 20.8 Å². The van der Waals surface area contributed by atoms with Gasteiger partial charge in [0.1, 0.15) is 0 Å². The first kappa shape index (κ1) is 13.1. The van der Waals surface area contributed by atoms with Crippen LogP contribution in [0.4, 0.5) is 0 Å². The fourth-order valence-corrected chi connectivity index (χ4v) is 3.38. The van der Waals surface area contributed by atoms with Gasteiger partial charge >= 0.3 is 0 Å². The van der Waals surface area contributed by atoms with Crippen molar-refractivity contribution >= 4 is 11.3 Å². The molecule has 2 unspecified atom stereocenters. The van der Waals surface area contributed by atoms with Crippen molar-refractivity contribution in [3.8, 4) is 0 Å². The zero-order valence-corrected chi connectivity index (χ0v) is 11.8. The van der Waals surface area contributed by atoms with Crippen molar-refractivity contribution < 1.29 is 4.74 Å². The number of rotatable bonds is 5. The van der Waals surface area contributed by atoms with Crippen LogP contribution in [-0.2, 0) is 11.2 Å². The molecule has 0 spiro atoms. The molecular formula is C14H23NOS. The molecule has 1 N–H and O–H groups in total. The molecule has 0 aromatic carbocycles. The fraction of sp³-hybridized carbons (Fsp3) is 0.714. The van der Waals surface area contributed by atoms with Crippen molar-refractivity contribution in [3.05, 3.63) is 21.9 Å². The molecule has 17 heavy (non-hydrogen) atoms. The van der Waals surface area contributed by atoms with Crippen LogP contribution in [0.1, 0.15) is 43.1 Å². The highest BCUT2D eigenvalue weighted by Crippen LogP contribution is 2.37. The normalized spacial score (nSPS) is 24.7. The zero-order chi connectivity index (χ0) is 12.3. The molecule has 0 radical (unpaired) electrons. The Morgan fingerprint density at radius 3 is 2.94 bits per heavy atom. The van der Waals surface area contributed by atoms with E-state index in [0.29, 0.717) is 18.1 Å². The Balaban J connectivity index is 1.98. The summed E-state index contributed by atoms with van der Waals surface area (Å²) in [5.74, 6) is 0.640. The van der Waals surface area contributed by atoms with E-state index in [1.807, 2.05) is 11.3 Å². The first-order valence-corrected chi connectivity index (χ1v) is 7.46. The van der Waals surface area contributed by atoms with Gasteiger partial charge < -0.3 is 10.1 Å². The van der Waals surface area contributed by atoms with Crippen LogP contribution in [0.5, 0.6) is 0 Å². The molecule has 0 saturated carbocycles. The number of ether oxygens (including phenoxy) is 1. The van der Waals surface area contributed by atoms with Crippen LogP contribution in [0.2, 0.25) is 0 Å². The van der Waals surface area contributed by atoms with Gasteiger partial charge in [-0.3, -0.25) is 0 Å². The lowest BCUT2D eigenvalue weighted by Crippen LogP contribution is -2.30. The molecular weight excluding hydrogens is 230 g/mol. The molecule has 2 heterocycles. The predicted molar refractivity (Wildman–Crippen MR) is 73.6 cm³/mol. The van der Waals surface area contributed by atoms with Crippen LogP contribution in [0.15, 0.2) is 12.1 Å². The quantitative estimate of drug-likeness (QED) is 0.868. The summed E-state index contributed by atoms with van der Waals surface area (Å²) in [6.07, 6.45) is 2.64. The van der Waals surface area contributed by atoms with Gasteiger partial charge in [0, 0.05) is 34.9 Å². The van der Waals surface area contributed by atoms with Crippen LogP contribution < -0.4 is 5.32 Å². The average molecular weight is 253 g/mol. The summed E-state index contributed by atoms with van der Waals surface area (Å²) in [4.78, 5) is 2.88. The third-order valence-electron chi connectivity index (χ3n) is 3.31. The minimum Gasteiger partial charge on any atom is -0.372 e. The van der Waals surface area contributed by atoms with Gasteiger partial charge in [-0.15, -0.1) is 11.3 Å². The van der Waals surface area contributed by atoms with Crippen LogP contribution in [0.3, 0.4) is 0 Å². The summed E-state index contributed by atoms with van der Waals surface area (Å²) >= 11 is 1.92. The Labute approximate surface area is 108 Å². The largest absolute Gasteiger partial charge is 0.372 e. The minimum atomic E-state index is 0.326. The van der Waals surface area contributed by atoms with Gasteiger partial charge in [-0.05, 0) is 25.0 Å². The molecule has 3 heteroatoms. The highest BCUT2D eigenvalue weighted by atomic mass is 32.1. The monoisotopic (exact) mass is 253 g/mol. The summed E-state index contributed by atoms with van der Waals surface area (Å²) in [6.45, 7) is 8.59. The van der Waals surface area contributed by atoms with E-state index >= 15 is 0 Å². The van der Waals surface area contributed by atoms with E-state index in [1.165, 1.54) is 16.2 Å². The van der Waals surface area contributed by atoms with E-state index in [0.717, 1.165) is 19.6 Å². The zero-order valence-electron chi connectivity index (χ0n) is 11.0. The van der Waals surface area contributed by atoms with E-state index in [-0.39, 0.29) is 0 Å². The van der Waals surface area contributed by atoms with Crippen molar-refractivity contribution in [2.45, 2.75) is 45.8 Å². The smallest absolute Gasteiger partial charge is 0.0957 e. The number of aryl methyl sites for hydroxylation is 1. The molecule has 1 aliphatic heterocycles. The SMILES string of the molecule is CCc1ccc(C2OCCC2CNC(C)C)s1. The molecule has 1 aromatic heterocycles. The topological polar surface area (TPSA) is 21.3 Å². The second-order valence-electron chi connectivity index (χ2n) is 5.06. The molecule has 1 aliphatic rings. The van der Waals surface area contributed by atoms with Crippen molar-refractivity contribution in [2.75, 3.05) is 13.2 Å². The van der Waals surface area contributed by atoms with E-state index in [1.54, 1.807) is 0 Å². The first-order chi connectivity index (χ1) is 8.20. The Hall–Kier alpha value is -0.380. The molecule has 0 bridgehead atoms. The predicted octanol–water partition coefficient (Wildman–Crippen LogP) is 3.39. The third kappa shape index (κ3) is 3.30. The maximum absolute atomic E-state index is 5.91. The first-order valence-electron chi connectivity index (χ1n) is 6.64. The summed E-state index contributed by atoms with van der Waals surface area (Å²) in [7, 11) is 0. The van der Waals surface area contributed by atoms with Crippen LogP contribution in [-0.4, -0.2) is 19.2 Å². The highest BCUT2D eigenvalue weighted by molar-refractivity contribution is 7.12. The van der Waals surface area contributed by atoms with Gasteiger partial charge in [0.05, 0.1) is 6.10 Å². The Bertz CT molecular complexity index is 348. The highest BCUT2D eigenvalue weighted by Gasteiger charge is 2.30. The van der Waals surface area contributed by atoms with Crippen LogP contribution in [0, 0.1) is 5.92 Å².